The average molecular weight is 381 g/mol. The first-order chi connectivity index (χ1) is 14.2. The van der Waals surface area contributed by atoms with Crippen molar-refractivity contribution in [2.24, 2.45) is 0 Å². The summed E-state index contributed by atoms with van der Waals surface area (Å²) < 4.78 is 10.6. The van der Waals surface area contributed by atoms with Crippen molar-refractivity contribution in [2.75, 3.05) is 7.11 Å². The zero-order valence-electron chi connectivity index (χ0n) is 15.9. The second kappa shape index (κ2) is 9.72. The van der Waals surface area contributed by atoms with Crippen molar-refractivity contribution in [3.05, 3.63) is 102 Å². The number of rotatable bonds is 6. The van der Waals surface area contributed by atoms with Crippen molar-refractivity contribution in [1.29, 1.82) is 5.26 Å². The Hall–Kier alpha value is -4.10. The van der Waals surface area contributed by atoms with Gasteiger partial charge in [0.25, 0.3) is 0 Å². The fourth-order valence-electron chi connectivity index (χ4n) is 2.71. The van der Waals surface area contributed by atoms with Crippen molar-refractivity contribution in [3.63, 3.8) is 0 Å². The van der Waals surface area contributed by atoms with Crippen molar-refractivity contribution in [2.45, 2.75) is 0 Å². The molecule has 0 atom stereocenters. The summed E-state index contributed by atoms with van der Waals surface area (Å²) in [6.07, 6.45) is 4.85. The van der Waals surface area contributed by atoms with Gasteiger partial charge in [-0.1, -0.05) is 54.6 Å². The quantitative estimate of drug-likeness (QED) is 0.189. The molecule has 0 aliphatic heterocycles. The highest BCUT2D eigenvalue weighted by Gasteiger charge is 2.08. The third-order valence-electron chi connectivity index (χ3n) is 4.14. The summed E-state index contributed by atoms with van der Waals surface area (Å²) in [7, 11) is 1.57. The van der Waals surface area contributed by atoms with Crippen LogP contribution in [0.3, 0.4) is 0 Å². The largest absolute Gasteiger partial charge is 0.496 e. The van der Waals surface area contributed by atoms with Crippen LogP contribution in [0.15, 0.2) is 84.9 Å². The maximum atomic E-state index is 12.0. The molecule has 0 saturated carbocycles. The first-order valence-electron chi connectivity index (χ1n) is 9.00. The molecule has 0 N–H and O–H groups in total. The zero-order chi connectivity index (χ0) is 20.5. The van der Waals surface area contributed by atoms with Gasteiger partial charge in [0.15, 0.2) is 0 Å². The molecule has 0 saturated heterocycles. The highest BCUT2D eigenvalue weighted by atomic mass is 16.5. The number of ether oxygens (including phenoxy) is 2. The molecule has 4 heteroatoms. The number of methoxy groups -OCH3 is 1. The predicted octanol–water partition coefficient (Wildman–Crippen LogP) is 5.38. The Kier molecular flexibility index (Phi) is 6.59. The first-order valence-corrected chi connectivity index (χ1v) is 9.00. The van der Waals surface area contributed by atoms with Crippen LogP contribution in [0.2, 0.25) is 0 Å². The van der Waals surface area contributed by atoms with Gasteiger partial charge in [-0.15, -0.1) is 0 Å². The normalized spacial score (nSPS) is 11.1. The van der Waals surface area contributed by atoms with Gasteiger partial charge in [0.05, 0.1) is 18.8 Å². The number of hydrogen-bond acceptors (Lipinski definition) is 4. The van der Waals surface area contributed by atoms with E-state index in [1.54, 1.807) is 43.5 Å². The minimum absolute atomic E-state index is 0.431. The summed E-state index contributed by atoms with van der Waals surface area (Å²) in [6, 6.07) is 26.0. The fraction of sp³-hybridized carbons (Fsp3) is 0.0400. The molecule has 0 aliphatic carbocycles. The number of benzene rings is 3. The predicted molar refractivity (Wildman–Crippen MR) is 114 cm³/mol. The molecule has 3 rings (SSSR count). The monoisotopic (exact) mass is 381 g/mol. The molecule has 29 heavy (non-hydrogen) atoms. The molecule has 0 radical (unpaired) electrons. The van der Waals surface area contributed by atoms with Crippen molar-refractivity contribution < 1.29 is 14.3 Å². The fourth-order valence-corrected chi connectivity index (χ4v) is 2.71. The highest BCUT2D eigenvalue weighted by Crippen LogP contribution is 2.27. The van der Waals surface area contributed by atoms with Crippen LogP contribution in [0.25, 0.3) is 17.7 Å². The van der Waals surface area contributed by atoms with E-state index >= 15 is 0 Å². The minimum Gasteiger partial charge on any atom is -0.496 e. The van der Waals surface area contributed by atoms with Crippen LogP contribution in [-0.4, -0.2) is 13.1 Å². The number of allylic oxidation sites excluding steroid dienone is 1. The number of para-hydroxylation sites is 1. The Morgan fingerprint density at radius 3 is 2.28 bits per heavy atom. The smallest absolute Gasteiger partial charge is 0.336 e. The molecular formula is C25H19NO3. The lowest BCUT2D eigenvalue weighted by Crippen LogP contribution is -2.03. The lowest BCUT2D eigenvalue weighted by atomic mass is 10.0. The molecule has 4 nitrogen and oxygen atoms in total. The van der Waals surface area contributed by atoms with Gasteiger partial charge < -0.3 is 9.47 Å². The van der Waals surface area contributed by atoms with Crippen LogP contribution in [0, 0.1) is 11.3 Å². The van der Waals surface area contributed by atoms with E-state index in [4.69, 9.17) is 9.47 Å². The average Bonchev–Trinajstić information content (AvgIpc) is 2.78. The molecule has 0 fully saturated rings. The van der Waals surface area contributed by atoms with Crippen LogP contribution in [0.5, 0.6) is 11.5 Å². The van der Waals surface area contributed by atoms with Gasteiger partial charge in [-0.25, -0.2) is 4.79 Å². The van der Waals surface area contributed by atoms with Crippen LogP contribution in [0.1, 0.15) is 16.7 Å². The topological polar surface area (TPSA) is 59.3 Å². The van der Waals surface area contributed by atoms with E-state index in [2.05, 4.69) is 6.07 Å². The zero-order valence-corrected chi connectivity index (χ0v) is 15.9. The van der Waals surface area contributed by atoms with Crippen molar-refractivity contribution in [3.8, 4) is 17.6 Å². The van der Waals surface area contributed by atoms with E-state index in [1.165, 1.54) is 6.08 Å². The van der Waals surface area contributed by atoms with E-state index in [9.17, 15) is 10.1 Å². The number of hydrogen-bond donors (Lipinski definition) is 0. The van der Waals surface area contributed by atoms with Crippen molar-refractivity contribution >= 4 is 23.7 Å². The number of nitriles is 1. The van der Waals surface area contributed by atoms with Gasteiger partial charge in [-0.3, -0.25) is 0 Å². The second-order valence-electron chi connectivity index (χ2n) is 6.10. The second-order valence-corrected chi connectivity index (χ2v) is 6.10. The van der Waals surface area contributed by atoms with Crippen LogP contribution in [0.4, 0.5) is 0 Å². The number of nitrogens with zero attached hydrogens (tertiary/aromatic N) is 1. The molecule has 0 spiro atoms. The molecule has 3 aromatic rings. The molecule has 0 bridgehead atoms. The standard InChI is InChI=1S/C25H19NO3/c1-28-24-10-6-5-9-23(24)21(18-26)17-20-11-14-22(15-12-20)29-25(27)16-13-19-7-3-2-4-8-19/h2-17H,1H3/b16-13+,21-17-. The Labute approximate surface area is 170 Å². The summed E-state index contributed by atoms with van der Waals surface area (Å²) in [5, 5.41) is 9.54. The van der Waals surface area contributed by atoms with E-state index in [-0.39, 0.29) is 0 Å². The highest BCUT2D eigenvalue weighted by molar-refractivity contribution is 5.92. The van der Waals surface area contributed by atoms with Gasteiger partial charge >= 0.3 is 5.97 Å². The maximum absolute atomic E-state index is 12.0. The van der Waals surface area contributed by atoms with E-state index in [1.807, 2.05) is 54.6 Å². The summed E-state index contributed by atoms with van der Waals surface area (Å²) in [5.74, 6) is 0.612. The molecule has 0 amide bonds. The third kappa shape index (κ3) is 5.44. The summed E-state index contributed by atoms with van der Waals surface area (Å²) in [5.41, 5.74) is 2.94. The van der Waals surface area contributed by atoms with Crippen LogP contribution >= 0.6 is 0 Å². The lowest BCUT2D eigenvalue weighted by molar-refractivity contribution is -0.128. The van der Waals surface area contributed by atoms with Gasteiger partial charge in [-0.05, 0) is 47.5 Å². The summed E-state index contributed by atoms with van der Waals surface area (Å²) in [6.45, 7) is 0. The van der Waals surface area contributed by atoms with Crippen LogP contribution < -0.4 is 9.47 Å². The molecule has 0 aromatic heterocycles. The number of carbonyl (C=O) groups excluding carboxylic acids is 1. The Balaban J connectivity index is 1.71. The molecule has 0 unspecified atom stereocenters. The Morgan fingerprint density at radius 2 is 1.59 bits per heavy atom. The third-order valence-corrected chi connectivity index (χ3v) is 4.14. The van der Waals surface area contributed by atoms with Crippen LogP contribution in [-0.2, 0) is 4.79 Å². The SMILES string of the molecule is COc1ccccc1/C(C#N)=C\c1ccc(OC(=O)/C=C/c2ccccc2)cc1. The van der Waals surface area contributed by atoms with Gasteiger partial charge in [0, 0.05) is 11.6 Å². The minimum atomic E-state index is -0.455. The molecule has 142 valence electrons. The van der Waals surface area contributed by atoms with E-state index in [0.29, 0.717) is 17.1 Å². The van der Waals surface area contributed by atoms with Gasteiger partial charge in [-0.2, -0.15) is 5.26 Å². The summed E-state index contributed by atoms with van der Waals surface area (Å²) >= 11 is 0. The van der Waals surface area contributed by atoms with Crippen molar-refractivity contribution in [1.82, 2.24) is 0 Å². The number of esters is 1. The molecule has 0 heterocycles. The number of carbonyl (C=O) groups is 1. The molecule has 0 aliphatic rings. The van der Waals surface area contributed by atoms with Gasteiger partial charge in [0.2, 0.25) is 0 Å². The van der Waals surface area contributed by atoms with E-state index < -0.39 is 5.97 Å². The summed E-state index contributed by atoms with van der Waals surface area (Å²) in [4.78, 5) is 12.0. The first kappa shape index (κ1) is 19.7. The Morgan fingerprint density at radius 1 is 0.897 bits per heavy atom. The molecule has 3 aromatic carbocycles. The molecular weight excluding hydrogens is 362 g/mol. The lowest BCUT2D eigenvalue weighted by Gasteiger charge is -2.07. The van der Waals surface area contributed by atoms with E-state index in [0.717, 1.165) is 16.7 Å². The van der Waals surface area contributed by atoms with Gasteiger partial charge in [0.1, 0.15) is 11.5 Å². The Bertz CT molecular complexity index is 1080. The maximum Gasteiger partial charge on any atom is 0.336 e.